The van der Waals surface area contributed by atoms with Gasteiger partial charge in [0.1, 0.15) is 17.5 Å². The fourth-order valence-electron chi connectivity index (χ4n) is 4.99. The van der Waals surface area contributed by atoms with Crippen molar-refractivity contribution in [1.82, 2.24) is 9.97 Å². The molecule has 4 N–H and O–H groups in total. The van der Waals surface area contributed by atoms with Gasteiger partial charge in [0.25, 0.3) is 0 Å². The Bertz CT molecular complexity index is 875. The van der Waals surface area contributed by atoms with Gasteiger partial charge >= 0.3 is 0 Å². The number of nitrogens with two attached hydrogens (primary N) is 1. The van der Waals surface area contributed by atoms with Crippen LogP contribution in [0.1, 0.15) is 48.8 Å². The summed E-state index contributed by atoms with van der Waals surface area (Å²) in [6.45, 7) is 3.58. The molecule has 2 aliphatic carbocycles. The topological polar surface area (TPSA) is 99.7 Å². The van der Waals surface area contributed by atoms with Crippen molar-refractivity contribution in [1.29, 1.82) is 5.26 Å². The van der Waals surface area contributed by atoms with Crippen LogP contribution in [-0.4, -0.2) is 22.6 Å². The molecule has 0 aliphatic heterocycles. The zero-order valence-electron chi connectivity index (χ0n) is 17.1. The molecule has 0 spiro atoms. The summed E-state index contributed by atoms with van der Waals surface area (Å²) in [5, 5.41) is 16.2. The molecule has 1 aromatic heterocycles. The molecule has 1 aromatic carbocycles. The van der Waals surface area contributed by atoms with Gasteiger partial charge in [0.15, 0.2) is 0 Å². The standard InChI is InChI=1S/C23H30N6/c1-15-5-2-3-6-19(15)13-27-23-28-14-20(11-24)22(29-23)26-12-16-9-17-7-4-8-18(10-16)21(17)25/h2-3,5-6,14,16-18,21H,4,7-10,12-13,25H2,1H3,(H2,26,27,28,29)/t16?,17-,18+,21?. The summed E-state index contributed by atoms with van der Waals surface area (Å²) >= 11 is 0. The number of benzene rings is 1. The number of aromatic nitrogens is 2. The first kappa shape index (κ1) is 19.7. The molecule has 6 nitrogen and oxygen atoms in total. The van der Waals surface area contributed by atoms with E-state index in [0.29, 0.717) is 47.7 Å². The minimum atomic E-state index is 0.381. The smallest absolute Gasteiger partial charge is 0.224 e. The van der Waals surface area contributed by atoms with Crippen LogP contribution in [0, 0.1) is 36.0 Å². The molecule has 152 valence electrons. The van der Waals surface area contributed by atoms with Crippen LogP contribution in [0.2, 0.25) is 0 Å². The summed E-state index contributed by atoms with van der Waals surface area (Å²) < 4.78 is 0. The van der Waals surface area contributed by atoms with Gasteiger partial charge in [0.2, 0.25) is 5.95 Å². The number of nitrogens with zero attached hydrogens (tertiary/aromatic N) is 3. The molecule has 4 atom stereocenters. The summed E-state index contributed by atoms with van der Waals surface area (Å²) in [6, 6.07) is 10.8. The second-order valence-corrected chi connectivity index (χ2v) is 8.59. The average Bonchev–Trinajstić information content (AvgIpc) is 2.72. The largest absolute Gasteiger partial charge is 0.369 e. The molecule has 29 heavy (non-hydrogen) atoms. The van der Waals surface area contributed by atoms with Gasteiger partial charge in [-0.05, 0) is 61.5 Å². The normalized spacial score (nSPS) is 25.8. The highest BCUT2D eigenvalue weighted by atomic mass is 15.1. The summed E-state index contributed by atoms with van der Waals surface area (Å²) in [6.07, 6.45) is 7.80. The zero-order chi connectivity index (χ0) is 20.2. The molecular weight excluding hydrogens is 360 g/mol. The van der Waals surface area contributed by atoms with Gasteiger partial charge in [-0.3, -0.25) is 0 Å². The first-order chi connectivity index (χ1) is 14.1. The number of anilines is 2. The molecule has 1 heterocycles. The molecule has 2 aromatic rings. The predicted molar refractivity (Wildman–Crippen MR) is 115 cm³/mol. The van der Waals surface area contributed by atoms with Crippen LogP contribution < -0.4 is 16.4 Å². The molecule has 2 aliphatic rings. The van der Waals surface area contributed by atoms with Gasteiger partial charge in [-0.2, -0.15) is 10.2 Å². The number of fused-ring (bicyclic) bond motifs is 2. The maximum absolute atomic E-state index is 9.45. The highest BCUT2D eigenvalue weighted by Crippen LogP contribution is 2.41. The fraction of sp³-hybridized carbons (Fsp3) is 0.522. The number of rotatable bonds is 6. The Kier molecular flexibility index (Phi) is 5.96. The number of hydrogen-bond donors (Lipinski definition) is 3. The monoisotopic (exact) mass is 390 g/mol. The number of nitriles is 1. The lowest BCUT2D eigenvalue weighted by molar-refractivity contribution is 0.112. The van der Waals surface area contributed by atoms with Crippen molar-refractivity contribution in [3.8, 4) is 6.07 Å². The Morgan fingerprint density at radius 1 is 1.17 bits per heavy atom. The molecule has 2 unspecified atom stereocenters. The average molecular weight is 391 g/mol. The van der Waals surface area contributed by atoms with Crippen molar-refractivity contribution in [3.05, 3.63) is 47.2 Å². The zero-order valence-corrected chi connectivity index (χ0v) is 17.1. The van der Waals surface area contributed by atoms with Gasteiger partial charge in [0.05, 0.1) is 6.20 Å². The lowest BCUT2D eigenvalue weighted by atomic mass is 9.65. The molecule has 2 bridgehead atoms. The van der Waals surface area contributed by atoms with Crippen molar-refractivity contribution in [3.63, 3.8) is 0 Å². The van der Waals surface area contributed by atoms with E-state index in [2.05, 4.69) is 45.7 Å². The summed E-state index contributed by atoms with van der Waals surface area (Å²) in [5.74, 6) is 3.06. The summed E-state index contributed by atoms with van der Waals surface area (Å²) in [5.41, 5.74) is 9.34. The molecule has 0 amide bonds. The molecule has 4 rings (SSSR count). The van der Waals surface area contributed by atoms with Crippen molar-refractivity contribution in [2.75, 3.05) is 17.2 Å². The van der Waals surface area contributed by atoms with Crippen molar-refractivity contribution < 1.29 is 0 Å². The maximum Gasteiger partial charge on any atom is 0.224 e. The van der Waals surface area contributed by atoms with Crippen LogP contribution >= 0.6 is 0 Å². The Balaban J connectivity index is 1.40. The van der Waals surface area contributed by atoms with Gasteiger partial charge in [-0.15, -0.1) is 0 Å². The number of hydrogen-bond acceptors (Lipinski definition) is 6. The van der Waals surface area contributed by atoms with E-state index < -0.39 is 0 Å². The molecule has 0 saturated heterocycles. The highest BCUT2D eigenvalue weighted by molar-refractivity contribution is 5.53. The van der Waals surface area contributed by atoms with E-state index in [1.54, 1.807) is 6.20 Å². The van der Waals surface area contributed by atoms with Crippen LogP contribution in [0.15, 0.2) is 30.5 Å². The first-order valence-corrected chi connectivity index (χ1v) is 10.7. The van der Waals surface area contributed by atoms with E-state index in [0.717, 1.165) is 6.54 Å². The second kappa shape index (κ2) is 8.79. The predicted octanol–water partition coefficient (Wildman–Crippen LogP) is 3.83. The maximum atomic E-state index is 9.45. The van der Waals surface area contributed by atoms with Crippen molar-refractivity contribution >= 4 is 11.8 Å². The Morgan fingerprint density at radius 3 is 2.66 bits per heavy atom. The van der Waals surface area contributed by atoms with E-state index >= 15 is 0 Å². The Morgan fingerprint density at radius 2 is 1.93 bits per heavy atom. The van der Waals surface area contributed by atoms with E-state index in [1.807, 2.05) is 12.1 Å². The fourth-order valence-corrected chi connectivity index (χ4v) is 4.99. The minimum absolute atomic E-state index is 0.381. The van der Waals surface area contributed by atoms with E-state index in [9.17, 15) is 5.26 Å². The third-order valence-corrected chi connectivity index (χ3v) is 6.68. The van der Waals surface area contributed by atoms with Gasteiger partial charge in [-0.25, -0.2) is 4.98 Å². The van der Waals surface area contributed by atoms with Crippen LogP contribution in [0.25, 0.3) is 0 Å². The molecule has 2 saturated carbocycles. The molecular formula is C23H30N6. The quantitative estimate of drug-likeness (QED) is 0.693. The van der Waals surface area contributed by atoms with Crippen LogP contribution in [0.4, 0.5) is 11.8 Å². The Hall–Kier alpha value is -2.65. The van der Waals surface area contributed by atoms with E-state index in [-0.39, 0.29) is 0 Å². The second-order valence-electron chi connectivity index (χ2n) is 8.59. The van der Waals surface area contributed by atoms with Crippen LogP contribution in [-0.2, 0) is 6.54 Å². The Labute approximate surface area is 172 Å². The van der Waals surface area contributed by atoms with Crippen LogP contribution in [0.5, 0.6) is 0 Å². The third-order valence-electron chi connectivity index (χ3n) is 6.68. The van der Waals surface area contributed by atoms with E-state index in [1.165, 1.54) is 43.2 Å². The van der Waals surface area contributed by atoms with Crippen molar-refractivity contribution in [2.24, 2.45) is 23.5 Å². The lowest BCUT2D eigenvalue weighted by Gasteiger charge is -2.44. The summed E-state index contributed by atoms with van der Waals surface area (Å²) in [4.78, 5) is 8.88. The summed E-state index contributed by atoms with van der Waals surface area (Å²) in [7, 11) is 0. The van der Waals surface area contributed by atoms with Gasteiger partial charge < -0.3 is 16.4 Å². The van der Waals surface area contributed by atoms with E-state index in [4.69, 9.17) is 5.73 Å². The molecule has 0 radical (unpaired) electrons. The van der Waals surface area contributed by atoms with Crippen LogP contribution in [0.3, 0.4) is 0 Å². The minimum Gasteiger partial charge on any atom is -0.369 e. The van der Waals surface area contributed by atoms with Crippen molar-refractivity contribution in [2.45, 2.75) is 51.6 Å². The third kappa shape index (κ3) is 4.51. The van der Waals surface area contributed by atoms with Gasteiger partial charge in [0, 0.05) is 19.1 Å². The SMILES string of the molecule is Cc1ccccc1CNc1ncc(C#N)c(NCC2C[C@H]3CCC[C@@H](C2)C3N)n1. The first-order valence-electron chi connectivity index (χ1n) is 10.7. The number of aryl methyl sites for hydroxylation is 1. The highest BCUT2D eigenvalue weighted by Gasteiger charge is 2.37. The molecule has 2 fully saturated rings. The number of nitrogens with one attached hydrogen (secondary N) is 2. The lowest BCUT2D eigenvalue weighted by Crippen LogP contribution is -2.47. The molecule has 6 heteroatoms. The van der Waals surface area contributed by atoms with Gasteiger partial charge in [-0.1, -0.05) is 30.7 Å².